The van der Waals surface area contributed by atoms with E-state index in [1.54, 1.807) is 22.9 Å². The zero-order valence-electron chi connectivity index (χ0n) is 9.72. The summed E-state index contributed by atoms with van der Waals surface area (Å²) in [6.07, 6.45) is -0.934. The molecule has 0 N–H and O–H groups in total. The van der Waals surface area contributed by atoms with Gasteiger partial charge in [0, 0.05) is 11.8 Å². The summed E-state index contributed by atoms with van der Waals surface area (Å²) in [6, 6.07) is 10.7. The van der Waals surface area contributed by atoms with Crippen LogP contribution in [0.25, 0.3) is 16.9 Å². The Balaban J connectivity index is 2.17. The fraction of sp³-hybridized carbons (Fsp3) is 0.0714. The van der Waals surface area contributed by atoms with Crippen LogP contribution in [0.1, 0.15) is 5.56 Å². The molecule has 19 heavy (non-hydrogen) atoms. The van der Waals surface area contributed by atoms with E-state index in [2.05, 4.69) is 4.98 Å². The molecule has 0 bridgehead atoms. The maximum Gasteiger partial charge on any atom is 0.416 e. The van der Waals surface area contributed by atoms with Crippen molar-refractivity contribution in [3.05, 3.63) is 60.4 Å². The van der Waals surface area contributed by atoms with Crippen LogP contribution in [0.3, 0.4) is 0 Å². The van der Waals surface area contributed by atoms with E-state index >= 15 is 0 Å². The number of nitrogens with zero attached hydrogens (tertiary/aromatic N) is 2. The molecule has 0 fully saturated rings. The van der Waals surface area contributed by atoms with Gasteiger partial charge >= 0.3 is 6.18 Å². The Bertz CT molecular complexity index is 729. The second-order valence-corrected chi connectivity index (χ2v) is 4.16. The zero-order valence-corrected chi connectivity index (χ0v) is 9.72. The van der Waals surface area contributed by atoms with Crippen molar-refractivity contribution >= 4 is 5.52 Å². The molecule has 0 radical (unpaired) electrons. The van der Waals surface area contributed by atoms with Crippen LogP contribution in [0, 0.1) is 0 Å². The van der Waals surface area contributed by atoms with Gasteiger partial charge in [-0.25, -0.2) is 4.98 Å². The molecule has 0 aliphatic rings. The molecule has 0 saturated carbocycles. The van der Waals surface area contributed by atoms with Gasteiger partial charge in [0.25, 0.3) is 0 Å². The number of alkyl halides is 3. The first kappa shape index (κ1) is 11.8. The van der Waals surface area contributed by atoms with Crippen LogP contribution in [0.4, 0.5) is 13.2 Å². The SMILES string of the molecule is FC(F)(F)c1cccc(-c2ncc3ccccn23)c1. The van der Waals surface area contributed by atoms with Gasteiger partial charge < -0.3 is 0 Å². The van der Waals surface area contributed by atoms with Crippen LogP contribution >= 0.6 is 0 Å². The van der Waals surface area contributed by atoms with Crippen molar-refractivity contribution in [3.8, 4) is 11.4 Å². The van der Waals surface area contributed by atoms with Gasteiger partial charge in [0.1, 0.15) is 5.82 Å². The molecule has 0 aliphatic heterocycles. The largest absolute Gasteiger partial charge is 0.416 e. The van der Waals surface area contributed by atoms with Gasteiger partial charge in [-0.15, -0.1) is 0 Å². The molecule has 0 unspecified atom stereocenters. The number of fused-ring (bicyclic) bond motifs is 1. The molecule has 5 heteroatoms. The highest BCUT2D eigenvalue weighted by molar-refractivity contribution is 5.63. The van der Waals surface area contributed by atoms with Crippen molar-refractivity contribution in [2.45, 2.75) is 6.18 Å². The first-order valence-electron chi connectivity index (χ1n) is 5.65. The van der Waals surface area contributed by atoms with E-state index in [-0.39, 0.29) is 0 Å². The van der Waals surface area contributed by atoms with Gasteiger partial charge in [0.15, 0.2) is 0 Å². The summed E-state index contributed by atoms with van der Waals surface area (Å²) >= 11 is 0. The van der Waals surface area contributed by atoms with Crippen molar-refractivity contribution in [3.63, 3.8) is 0 Å². The van der Waals surface area contributed by atoms with E-state index in [0.717, 1.165) is 17.6 Å². The fourth-order valence-corrected chi connectivity index (χ4v) is 1.99. The van der Waals surface area contributed by atoms with Crippen LogP contribution in [0.2, 0.25) is 0 Å². The lowest BCUT2D eigenvalue weighted by Crippen LogP contribution is -2.04. The first-order chi connectivity index (χ1) is 9.05. The van der Waals surface area contributed by atoms with E-state index in [4.69, 9.17) is 0 Å². The first-order valence-corrected chi connectivity index (χ1v) is 5.65. The fourth-order valence-electron chi connectivity index (χ4n) is 1.99. The second-order valence-electron chi connectivity index (χ2n) is 4.16. The highest BCUT2D eigenvalue weighted by atomic mass is 19.4. The summed E-state index contributed by atoms with van der Waals surface area (Å²) in [5.74, 6) is 0.502. The van der Waals surface area contributed by atoms with Gasteiger partial charge in [0.2, 0.25) is 0 Å². The molecular weight excluding hydrogens is 253 g/mol. The lowest BCUT2D eigenvalue weighted by atomic mass is 10.1. The van der Waals surface area contributed by atoms with Crippen LogP contribution in [-0.2, 0) is 6.18 Å². The van der Waals surface area contributed by atoms with E-state index in [1.807, 2.05) is 18.2 Å². The van der Waals surface area contributed by atoms with Gasteiger partial charge in [-0.1, -0.05) is 18.2 Å². The minimum atomic E-state index is -4.34. The van der Waals surface area contributed by atoms with Gasteiger partial charge in [-0.2, -0.15) is 13.2 Å². The Morgan fingerprint density at radius 2 is 1.84 bits per heavy atom. The van der Waals surface area contributed by atoms with Gasteiger partial charge in [0.05, 0.1) is 17.3 Å². The third kappa shape index (κ3) is 2.07. The van der Waals surface area contributed by atoms with Crippen molar-refractivity contribution in [2.75, 3.05) is 0 Å². The lowest BCUT2D eigenvalue weighted by molar-refractivity contribution is -0.137. The highest BCUT2D eigenvalue weighted by Gasteiger charge is 2.30. The molecule has 0 amide bonds. The van der Waals surface area contributed by atoms with Gasteiger partial charge in [-0.05, 0) is 24.3 Å². The quantitative estimate of drug-likeness (QED) is 0.647. The highest BCUT2D eigenvalue weighted by Crippen LogP contribution is 2.31. The Morgan fingerprint density at radius 1 is 1.00 bits per heavy atom. The number of benzene rings is 1. The normalized spacial score (nSPS) is 11.9. The monoisotopic (exact) mass is 262 g/mol. The van der Waals surface area contributed by atoms with E-state index in [9.17, 15) is 13.2 Å². The Kier molecular flexibility index (Phi) is 2.55. The van der Waals surface area contributed by atoms with Crippen molar-refractivity contribution in [1.29, 1.82) is 0 Å². The predicted octanol–water partition coefficient (Wildman–Crippen LogP) is 4.02. The topological polar surface area (TPSA) is 17.3 Å². The van der Waals surface area contributed by atoms with E-state index in [0.29, 0.717) is 11.4 Å². The Labute approximate surface area is 107 Å². The molecule has 2 heterocycles. The Hall–Kier alpha value is -2.30. The Morgan fingerprint density at radius 3 is 2.63 bits per heavy atom. The number of hydrogen-bond acceptors (Lipinski definition) is 1. The minimum Gasteiger partial charge on any atom is -0.300 e. The molecule has 0 atom stereocenters. The third-order valence-electron chi connectivity index (χ3n) is 2.89. The maximum atomic E-state index is 12.7. The number of imidazole rings is 1. The molecule has 3 aromatic rings. The third-order valence-corrected chi connectivity index (χ3v) is 2.89. The molecule has 2 nitrogen and oxygen atoms in total. The average molecular weight is 262 g/mol. The number of hydrogen-bond donors (Lipinski definition) is 0. The summed E-state index contributed by atoms with van der Waals surface area (Å²) in [5, 5.41) is 0. The van der Waals surface area contributed by atoms with Crippen molar-refractivity contribution < 1.29 is 13.2 Å². The van der Waals surface area contributed by atoms with Crippen LogP contribution in [-0.4, -0.2) is 9.38 Å². The van der Waals surface area contributed by atoms with Crippen LogP contribution < -0.4 is 0 Å². The summed E-state index contributed by atoms with van der Waals surface area (Å²) in [4.78, 5) is 4.18. The molecule has 3 rings (SSSR count). The molecule has 0 saturated heterocycles. The zero-order chi connectivity index (χ0) is 13.5. The maximum absolute atomic E-state index is 12.7. The number of aromatic nitrogens is 2. The molecule has 0 aliphatic carbocycles. The smallest absolute Gasteiger partial charge is 0.300 e. The number of rotatable bonds is 1. The predicted molar refractivity (Wildman–Crippen MR) is 65.6 cm³/mol. The molecule has 96 valence electrons. The summed E-state index contributed by atoms with van der Waals surface area (Å²) in [6.45, 7) is 0. The summed E-state index contributed by atoms with van der Waals surface area (Å²) in [5.41, 5.74) is 0.619. The van der Waals surface area contributed by atoms with Crippen LogP contribution in [0.5, 0.6) is 0 Å². The van der Waals surface area contributed by atoms with Crippen LogP contribution in [0.15, 0.2) is 54.9 Å². The van der Waals surface area contributed by atoms with E-state index in [1.165, 1.54) is 6.07 Å². The van der Waals surface area contributed by atoms with Crippen molar-refractivity contribution in [1.82, 2.24) is 9.38 Å². The molecular formula is C14H9F3N2. The minimum absolute atomic E-state index is 0.445. The summed E-state index contributed by atoms with van der Waals surface area (Å²) in [7, 11) is 0. The van der Waals surface area contributed by atoms with E-state index < -0.39 is 11.7 Å². The molecule has 1 aromatic carbocycles. The summed E-state index contributed by atoms with van der Waals surface area (Å²) < 4.78 is 39.8. The average Bonchev–Trinajstić information content (AvgIpc) is 2.82. The molecule has 0 spiro atoms. The standard InChI is InChI=1S/C14H9F3N2/c15-14(16,17)11-5-3-4-10(8-11)13-18-9-12-6-1-2-7-19(12)13/h1-9H. The number of halogens is 3. The second kappa shape index (κ2) is 4.12. The molecule has 2 aromatic heterocycles. The van der Waals surface area contributed by atoms with Crippen molar-refractivity contribution in [2.24, 2.45) is 0 Å². The lowest BCUT2D eigenvalue weighted by Gasteiger charge is -2.08. The number of pyridine rings is 1. The van der Waals surface area contributed by atoms with Gasteiger partial charge in [-0.3, -0.25) is 4.40 Å².